The predicted molar refractivity (Wildman–Crippen MR) is 92.3 cm³/mol. The second-order valence-corrected chi connectivity index (χ2v) is 6.81. The van der Waals surface area contributed by atoms with E-state index in [0.717, 1.165) is 30.2 Å². The minimum atomic E-state index is -0.413. The normalized spacial score (nSPS) is 13.2. The largest absolute Gasteiger partial charge is 0.461 e. The van der Waals surface area contributed by atoms with Gasteiger partial charge in [0.1, 0.15) is 12.2 Å². The molecule has 5 heteroatoms. The molecule has 0 saturated heterocycles. The lowest BCUT2D eigenvalue weighted by molar-refractivity contribution is -0.144. The second-order valence-electron chi connectivity index (χ2n) is 6.03. The van der Waals surface area contributed by atoms with Crippen molar-refractivity contribution in [1.29, 1.82) is 0 Å². The van der Waals surface area contributed by atoms with E-state index in [0.29, 0.717) is 11.1 Å². The molecule has 0 aliphatic heterocycles. The summed E-state index contributed by atoms with van der Waals surface area (Å²) in [6.45, 7) is 0.0872. The van der Waals surface area contributed by atoms with Crippen molar-refractivity contribution in [2.24, 2.45) is 0 Å². The van der Waals surface area contributed by atoms with E-state index in [9.17, 15) is 9.59 Å². The molecule has 0 radical (unpaired) electrons. The summed E-state index contributed by atoms with van der Waals surface area (Å²) < 4.78 is 10.7. The first-order valence-electron chi connectivity index (χ1n) is 7.94. The Labute approximate surface area is 142 Å². The summed E-state index contributed by atoms with van der Waals surface area (Å²) in [5.41, 5.74) is 4.35. The molecule has 0 saturated carbocycles. The Hall–Kier alpha value is -2.40. The maximum Gasteiger partial charge on any atom is 0.336 e. The van der Waals surface area contributed by atoms with Crippen molar-refractivity contribution in [2.75, 3.05) is 0 Å². The number of fused-ring (bicyclic) bond motifs is 2. The third kappa shape index (κ3) is 2.99. The molecule has 0 unspecified atom stereocenters. The first-order valence-corrected chi connectivity index (χ1v) is 8.88. The minimum Gasteiger partial charge on any atom is -0.461 e. The molecule has 4 rings (SSSR count). The highest BCUT2D eigenvalue weighted by Gasteiger charge is 2.16. The molecule has 0 bridgehead atoms. The average Bonchev–Trinajstić information content (AvgIpc) is 3.21. The van der Waals surface area contributed by atoms with Crippen molar-refractivity contribution in [3.05, 3.63) is 67.7 Å². The van der Waals surface area contributed by atoms with Gasteiger partial charge in [0, 0.05) is 17.0 Å². The fraction of sp³-hybridized carbons (Fsp3) is 0.263. The number of rotatable bonds is 4. The molecular formula is C19H16O4S. The molecule has 0 atom stereocenters. The first kappa shape index (κ1) is 15.1. The number of benzene rings is 1. The zero-order valence-electron chi connectivity index (χ0n) is 13.0. The van der Waals surface area contributed by atoms with Gasteiger partial charge in [-0.3, -0.25) is 4.79 Å². The van der Waals surface area contributed by atoms with Crippen molar-refractivity contribution < 1.29 is 13.9 Å². The molecule has 3 aromatic rings. The minimum absolute atomic E-state index is 0.0872. The lowest BCUT2D eigenvalue weighted by Crippen LogP contribution is -2.09. The fourth-order valence-electron chi connectivity index (χ4n) is 3.18. The van der Waals surface area contributed by atoms with E-state index in [-0.39, 0.29) is 19.0 Å². The van der Waals surface area contributed by atoms with Gasteiger partial charge in [-0.2, -0.15) is 11.3 Å². The summed E-state index contributed by atoms with van der Waals surface area (Å²) in [5, 5.41) is 4.72. The molecule has 1 aliphatic carbocycles. The molecule has 2 heterocycles. The zero-order valence-corrected chi connectivity index (χ0v) is 13.9. The Kier molecular flexibility index (Phi) is 3.94. The van der Waals surface area contributed by atoms with Crippen LogP contribution in [0.4, 0.5) is 0 Å². The Morgan fingerprint density at radius 2 is 2.04 bits per heavy atom. The summed E-state index contributed by atoms with van der Waals surface area (Å²) in [7, 11) is 0. The smallest absolute Gasteiger partial charge is 0.336 e. The van der Waals surface area contributed by atoms with E-state index in [2.05, 4.69) is 6.07 Å². The number of hydrogen-bond acceptors (Lipinski definition) is 5. The van der Waals surface area contributed by atoms with E-state index in [4.69, 9.17) is 9.15 Å². The van der Waals surface area contributed by atoms with Crippen molar-refractivity contribution >= 4 is 28.3 Å². The van der Waals surface area contributed by atoms with Crippen LogP contribution in [0, 0.1) is 0 Å². The molecule has 0 amide bonds. The van der Waals surface area contributed by atoms with Crippen LogP contribution in [0.1, 0.15) is 28.7 Å². The van der Waals surface area contributed by atoms with Crippen LogP contribution in [-0.2, 0) is 35.4 Å². The van der Waals surface area contributed by atoms with E-state index in [1.807, 2.05) is 22.9 Å². The van der Waals surface area contributed by atoms with Crippen LogP contribution in [0.5, 0.6) is 0 Å². The zero-order chi connectivity index (χ0) is 16.5. The van der Waals surface area contributed by atoms with Crippen LogP contribution < -0.4 is 5.63 Å². The van der Waals surface area contributed by atoms with Crippen molar-refractivity contribution in [1.82, 2.24) is 0 Å². The van der Waals surface area contributed by atoms with Crippen molar-refractivity contribution in [3.8, 4) is 0 Å². The predicted octanol–water partition coefficient (Wildman–Crippen LogP) is 3.63. The lowest BCUT2D eigenvalue weighted by atomic mass is 10.0. The Balaban J connectivity index is 1.59. The highest BCUT2D eigenvalue weighted by Crippen LogP contribution is 2.28. The third-order valence-electron chi connectivity index (χ3n) is 4.36. The van der Waals surface area contributed by atoms with Crippen molar-refractivity contribution in [3.63, 3.8) is 0 Å². The van der Waals surface area contributed by atoms with Gasteiger partial charge in [0.2, 0.25) is 0 Å². The average molecular weight is 340 g/mol. The van der Waals surface area contributed by atoms with E-state index in [1.54, 1.807) is 11.3 Å². The summed E-state index contributed by atoms with van der Waals surface area (Å²) in [4.78, 5) is 23.8. The van der Waals surface area contributed by atoms with Gasteiger partial charge in [-0.25, -0.2) is 4.79 Å². The molecule has 0 N–H and O–H groups in total. The summed E-state index contributed by atoms with van der Waals surface area (Å²) in [5.74, 6) is -0.295. The second kappa shape index (κ2) is 6.24. The molecule has 0 spiro atoms. The SMILES string of the molecule is O=C(Cc1ccsc1)OCc1cc(=O)oc2cc3c(cc12)CCC3. The van der Waals surface area contributed by atoms with Crippen LogP contribution in [0.3, 0.4) is 0 Å². The maximum absolute atomic E-state index is 12.0. The van der Waals surface area contributed by atoms with Crippen LogP contribution in [-0.4, -0.2) is 5.97 Å². The van der Waals surface area contributed by atoms with Gasteiger partial charge in [0.05, 0.1) is 6.42 Å². The van der Waals surface area contributed by atoms with E-state index < -0.39 is 5.63 Å². The molecule has 1 aliphatic rings. The number of carbonyl (C=O) groups is 1. The van der Waals surface area contributed by atoms with Gasteiger partial charge in [-0.05, 0) is 64.9 Å². The van der Waals surface area contributed by atoms with Gasteiger partial charge < -0.3 is 9.15 Å². The molecule has 0 fully saturated rings. The highest BCUT2D eigenvalue weighted by molar-refractivity contribution is 7.07. The first-order chi connectivity index (χ1) is 11.7. The van der Waals surface area contributed by atoms with Crippen LogP contribution in [0.2, 0.25) is 0 Å². The molecule has 122 valence electrons. The van der Waals surface area contributed by atoms with Crippen LogP contribution in [0.15, 0.2) is 44.2 Å². The number of carbonyl (C=O) groups excluding carboxylic acids is 1. The quantitative estimate of drug-likeness (QED) is 0.537. The molecule has 24 heavy (non-hydrogen) atoms. The van der Waals surface area contributed by atoms with Gasteiger partial charge >= 0.3 is 11.6 Å². The maximum atomic E-state index is 12.0. The Bertz CT molecular complexity index is 953. The summed E-state index contributed by atoms with van der Waals surface area (Å²) in [6.07, 6.45) is 3.44. The van der Waals surface area contributed by atoms with Gasteiger partial charge in [-0.15, -0.1) is 0 Å². The van der Waals surface area contributed by atoms with E-state index >= 15 is 0 Å². The molecule has 4 nitrogen and oxygen atoms in total. The molecule has 1 aromatic carbocycles. The molecule has 2 aromatic heterocycles. The van der Waals surface area contributed by atoms with Crippen LogP contribution >= 0.6 is 11.3 Å². The number of hydrogen-bond donors (Lipinski definition) is 0. The monoisotopic (exact) mass is 340 g/mol. The topological polar surface area (TPSA) is 56.5 Å². The lowest BCUT2D eigenvalue weighted by Gasteiger charge is -2.09. The van der Waals surface area contributed by atoms with Crippen molar-refractivity contribution in [2.45, 2.75) is 32.3 Å². The number of aryl methyl sites for hydroxylation is 2. The Morgan fingerprint density at radius 3 is 2.83 bits per heavy atom. The van der Waals surface area contributed by atoms with Crippen LogP contribution in [0.25, 0.3) is 11.0 Å². The van der Waals surface area contributed by atoms with Gasteiger partial charge in [0.15, 0.2) is 0 Å². The molecular weight excluding hydrogens is 324 g/mol. The van der Waals surface area contributed by atoms with E-state index in [1.165, 1.54) is 17.2 Å². The fourth-order valence-corrected chi connectivity index (χ4v) is 3.85. The standard InChI is InChI=1S/C19H16O4S/c20-18(6-12-4-5-24-11-12)22-10-15-9-19(21)23-17-8-14-3-1-2-13(14)7-16(15)17/h4-5,7-9,11H,1-3,6,10H2. The van der Waals surface area contributed by atoms with Gasteiger partial charge in [-0.1, -0.05) is 0 Å². The third-order valence-corrected chi connectivity index (χ3v) is 5.09. The Morgan fingerprint density at radius 1 is 1.21 bits per heavy atom. The summed E-state index contributed by atoms with van der Waals surface area (Å²) >= 11 is 1.55. The number of esters is 1. The highest BCUT2D eigenvalue weighted by atomic mass is 32.1. The number of ether oxygens (including phenoxy) is 1. The number of thiophene rings is 1. The summed E-state index contributed by atoms with van der Waals surface area (Å²) in [6, 6.07) is 7.35. The van der Waals surface area contributed by atoms with Gasteiger partial charge in [0.25, 0.3) is 0 Å².